The maximum atomic E-state index is 13.9. The van der Waals surface area contributed by atoms with E-state index in [4.69, 9.17) is 15.2 Å². The summed E-state index contributed by atoms with van der Waals surface area (Å²) in [5, 5.41) is 7.37. The number of esters is 1. The fourth-order valence-corrected chi connectivity index (χ4v) is 5.53. The van der Waals surface area contributed by atoms with E-state index in [-0.39, 0.29) is 24.8 Å². The standard InChI is InChI=1S/C29H41N5O6S/c1-7-39-27(38)33-23(29(5,6)41-17-22(35)40-28(2,3)4)26(37)34-14-8-9-21(34)25(36)32-16-18-10-11-20-19(15-18)12-13-31-24(20)30/h10-13,15,21,23H,7-9,14,16-17H2,1-6H3,(H2,30,31)(H,32,36)(H,33,38)/t21-,23+/m0/s1. The number of hydrogen-bond acceptors (Lipinski definition) is 9. The summed E-state index contributed by atoms with van der Waals surface area (Å²) >= 11 is 1.20. The van der Waals surface area contributed by atoms with Gasteiger partial charge in [0, 0.05) is 29.4 Å². The first-order chi connectivity index (χ1) is 19.2. The average Bonchev–Trinajstić information content (AvgIpc) is 3.38. The normalized spacial score (nSPS) is 16.2. The number of nitrogens with zero attached hydrogens (tertiary/aromatic N) is 2. The van der Waals surface area contributed by atoms with Gasteiger partial charge in [-0.15, -0.1) is 11.8 Å². The highest BCUT2D eigenvalue weighted by Crippen LogP contribution is 2.32. The number of nitrogen functional groups attached to an aromatic ring is 1. The van der Waals surface area contributed by atoms with Crippen molar-refractivity contribution in [1.82, 2.24) is 20.5 Å². The molecule has 2 atom stereocenters. The van der Waals surface area contributed by atoms with Gasteiger partial charge in [0.25, 0.3) is 0 Å². The Kier molecular flexibility index (Phi) is 10.5. The van der Waals surface area contributed by atoms with Crippen LogP contribution >= 0.6 is 11.8 Å². The van der Waals surface area contributed by atoms with E-state index in [0.717, 1.165) is 16.3 Å². The van der Waals surface area contributed by atoms with Crippen LogP contribution in [0.15, 0.2) is 30.5 Å². The zero-order valence-electron chi connectivity index (χ0n) is 24.6. The van der Waals surface area contributed by atoms with E-state index in [9.17, 15) is 19.2 Å². The van der Waals surface area contributed by atoms with Crippen molar-refractivity contribution < 1.29 is 28.7 Å². The number of amides is 3. The fraction of sp³-hybridized carbons (Fsp3) is 0.552. The average molecular weight is 588 g/mol. The number of likely N-dealkylation sites (tertiary alicyclic amines) is 1. The Morgan fingerprint density at radius 3 is 2.59 bits per heavy atom. The first-order valence-corrected chi connectivity index (χ1v) is 14.7. The van der Waals surface area contributed by atoms with Gasteiger partial charge in [0.2, 0.25) is 11.8 Å². The summed E-state index contributed by atoms with van der Waals surface area (Å²) in [4.78, 5) is 57.6. The minimum Gasteiger partial charge on any atom is -0.459 e. The summed E-state index contributed by atoms with van der Waals surface area (Å²) in [5.41, 5.74) is 6.18. The monoisotopic (exact) mass is 587 g/mol. The van der Waals surface area contributed by atoms with Crippen molar-refractivity contribution in [3.63, 3.8) is 0 Å². The molecular weight excluding hydrogens is 546 g/mol. The van der Waals surface area contributed by atoms with Crippen LogP contribution in [0.2, 0.25) is 0 Å². The number of hydrogen-bond donors (Lipinski definition) is 3. The number of carbonyl (C=O) groups is 4. The second kappa shape index (κ2) is 13.4. The summed E-state index contributed by atoms with van der Waals surface area (Å²) in [5.74, 6) is -0.693. The fourth-order valence-electron chi connectivity index (χ4n) is 4.66. The third-order valence-corrected chi connectivity index (χ3v) is 7.99. The molecule has 41 heavy (non-hydrogen) atoms. The van der Waals surface area contributed by atoms with Crippen molar-refractivity contribution in [2.24, 2.45) is 0 Å². The number of carbonyl (C=O) groups excluding carboxylic acids is 4. The van der Waals surface area contributed by atoms with Gasteiger partial charge in [-0.1, -0.05) is 12.1 Å². The number of benzene rings is 1. The third kappa shape index (κ3) is 8.72. The molecule has 3 amide bonds. The van der Waals surface area contributed by atoms with Crippen molar-refractivity contribution in [2.75, 3.05) is 24.6 Å². The van der Waals surface area contributed by atoms with Crippen LogP contribution in [-0.4, -0.2) is 75.1 Å². The minimum absolute atomic E-state index is 0.0179. The number of nitrogens with two attached hydrogens (primary N) is 1. The Hall–Kier alpha value is -3.54. The molecule has 1 aliphatic rings. The van der Waals surface area contributed by atoms with Crippen LogP contribution < -0.4 is 16.4 Å². The first kappa shape index (κ1) is 32.0. The highest BCUT2D eigenvalue weighted by atomic mass is 32.2. The molecule has 3 rings (SSSR count). The van der Waals surface area contributed by atoms with Gasteiger partial charge >= 0.3 is 12.1 Å². The number of pyridine rings is 1. The van der Waals surface area contributed by atoms with Crippen molar-refractivity contribution >= 4 is 52.2 Å². The van der Waals surface area contributed by atoms with E-state index in [1.165, 1.54) is 16.7 Å². The molecule has 1 aromatic heterocycles. The molecule has 2 heterocycles. The summed E-state index contributed by atoms with van der Waals surface area (Å²) in [6.07, 6.45) is 2.03. The molecule has 0 bridgehead atoms. The van der Waals surface area contributed by atoms with Gasteiger partial charge in [-0.3, -0.25) is 14.4 Å². The van der Waals surface area contributed by atoms with Gasteiger partial charge in [0.15, 0.2) is 0 Å². The largest absolute Gasteiger partial charge is 0.459 e. The molecule has 12 heteroatoms. The molecule has 1 aliphatic heterocycles. The smallest absolute Gasteiger partial charge is 0.407 e. The Morgan fingerprint density at radius 2 is 1.90 bits per heavy atom. The predicted octanol–water partition coefficient (Wildman–Crippen LogP) is 3.39. The highest BCUT2D eigenvalue weighted by Gasteiger charge is 2.44. The molecule has 1 saturated heterocycles. The second-order valence-corrected chi connectivity index (χ2v) is 13.1. The van der Waals surface area contributed by atoms with Gasteiger partial charge in [-0.05, 0) is 77.5 Å². The summed E-state index contributed by atoms with van der Waals surface area (Å²) in [7, 11) is 0. The van der Waals surface area contributed by atoms with Crippen LogP contribution in [0.1, 0.15) is 59.9 Å². The lowest BCUT2D eigenvalue weighted by molar-refractivity contribution is -0.151. The zero-order valence-corrected chi connectivity index (χ0v) is 25.4. The van der Waals surface area contributed by atoms with E-state index in [1.807, 2.05) is 24.3 Å². The molecule has 1 aromatic carbocycles. The van der Waals surface area contributed by atoms with Crippen LogP contribution in [0.5, 0.6) is 0 Å². The van der Waals surface area contributed by atoms with Crippen LogP contribution in [0.4, 0.5) is 10.6 Å². The van der Waals surface area contributed by atoms with E-state index < -0.39 is 40.4 Å². The Bertz CT molecular complexity index is 1280. The number of anilines is 1. The van der Waals surface area contributed by atoms with Crippen LogP contribution in [-0.2, 0) is 30.4 Å². The molecule has 0 saturated carbocycles. The molecule has 0 spiro atoms. The summed E-state index contributed by atoms with van der Waals surface area (Å²) < 4.78 is 9.54. The third-order valence-electron chi connectivity index (χ3n) is 6.63. The van der Waals surface area contributed by atoms with E-state index in [0.29, 0.717) is 25.2 Å². The highest BCUT2D eigenvalue weighted by molar-refractivity contribution is 8.01. The lowest BCUT2D eigenvalue weighted by Gasteiger charge is -2.37. The maximum Gasteiger partial charge on any atom is 0.407 e. The van der Waals surface area contributed by atoms with Crippen molar-refractivity contribution in [3.8, 4) is 0 Å². The van der Waals surface area contributed by atoms with Crippen LogP contribution in [0.3, 0.4) is 0 Å². The molecule has 2 aromatic rings. The summed E-state index contributed by atoms with van der Waals surface area (Å²) in [6.45, 7) is 11.3. The van der Waals surface area contributed by atoms with E-state index in [2.05, 4.69) is 15.6 Å². The van der Waals surface area contributed by atoms with Crippen molar-refractivity contribution in [1.29, 1.82) is 0 Å². The van der Waals surface area contributed by atoms with Gasteiger partial charge in [0.05, 0.1) is 12.4 Å². The molecular formula is C29H41N5O6S. The summed E-state index contributed by atoms with van der Waals surface area (Å²) in [6, 6.07) is 5.79. The quantitative estimate of drug-likeness (QED) is 0.355. The molecule has 4 N–H and O–H groups in total. The zero-order chi connectivity index (χ0) is 30.4. The number of aromatic nitrogens is 1. The molecule has 0 aliphatic carbocycles. The van der Waals surface area contributed by atoms with Gasteiger partial charge in [0.1, 0.15) is 23.5 Å². The lowest BCUT2D eigenvalue weighted by atomic mass is 10.0. The van der Waals surface area contributed by atoms with Crippen LogP contribution in [0.25, 0.3) is 10.8 Å². The molecule has 1 fully saturated rings. The number of nitrogens with one attached hydrogen (secondary N) is 2. The number of thioether (sulfide) groups is 1. The van der Waals surface area contributed by atoms with E-state index in [1.54, 1.807) is 47.7 Å². The first-order valence-electron chi connectivity index (χ1n) is 13.7. The minimum atomic E-state index is -1.05. The van der Waals surface area contributed by atoms with Gasteiger partial charge in [-0.2, -0.15) is 0 Å². The van der Waals surface area contributed by atoms with Gasteiger partial charge in [-0.25, -0.2) is 9.78 Å². The molecule has 224 valence electrons. The maximum absolute atomic E-state index is 13.9. The molecule has 0 unspecified atom stereocenters. The van der Waals surface area contributed by atoms with Crippen molar-refractivity contribution in [3.05, 3.63) is 36.0 Å². The number of fused-ring (bicyclic) bond motifs is 1. The van der Waals surface area contributed by atoms with Gasteiger partial charge < -0.3 is 30.7 Å². The Balaban J connectivity index is 1.72. The van der Waals surface area contributed by atoms with Crippen LogP contribution in [0, 0.1) is 0 Å². The topological polar surface area (TPSA) is 153 Å². The Morgan fingerprint density at radius 1 is 1.17 bits per heavy atom. The second-order valence-electron chi connectivity index (χ2n) is 11.4. The van der Waals surface area contributed by atoms with E-state index >= 15 is 0 Å². The Labute approximate surface area is 245 Å². The molecule has 11 nitrogen and oxygen atoms in total. The SMILES string of the molecule is CCOC(=O)N[C@H](C(=O)N1CCC[C@H]1C(=O)NCc1ccc2c(N)nccc2c1)C(C)(C)SCC(=O)OC(C)(C)C. The lowest BCUT2D eigenvalue weighted by Crippen LogP contribution is -2.60. The predicted molar refractivity (Wildman–Crippen MR) is 159 cm³/mol. The number of alkyl carbamates (subject to hydrolysis) is 1. The van der Waals surface area contributed by atoms with Crippen molar-refractivity contribution in [2.45, 2.75) is 83.4 Å². The number of rotatable bonds is 10. The number of ether oxygens (including phenoxy) is 2. The molecule has 0 radical (unpaired) electrons.